The predicted octanol–water partition coefficient (Wildman–Crippen LogP) is 3.09. The summed E-state index contributed by atoms with van der Waals surface area (Å²) in [6.07, 6.45) is 11.1. The third kappa shape index (κ3) is 6.36. The van der Waals surface area contributed by atoms with E-state index in [0.29, 0.717) is 5.91 Å². The van der Waals surface area contributed by atoms with E-state index in [1.54, 1.807) is 0 Å². The summed E-state index contributed by atoms with van der Waals surface area (Å²) in [4.78, 5) is 17.3. The first kappa shape index (κ1) is 22.0. The van der Waals surface area contributed by atoms with Gasteiger partial charge in [0.25, 0.3) is 0 Å². The summed E-state index contributed by atoms with van der Waals surface area (Å²) >= 11 is 0. The van der Waals surface area contributed by atoms with Crippen molar-refractivity contribution in [2.45, 2.75) is 63.8 Å². The molecule has 1 amide bonds. The number of carbonyl (C=O) groups excluding carboxylic acids is 1. The highest BCUT2D eigenvalue weighted by atomic mass is 35.5. The zero-order valence-corrected chi connectivity index (χ0v) is 16.5. The lowest BCUT2D eigenvalue weighted by Crippen LogP contribution is -2.38. The Balaban J connectivity index is 0.00000144. The Labute approximate surface area is 159 Å². The van der Waals surface area contributed by atoms with E-state index in [9.17, 15) is 4.79 Å². The molecule has 2 saturated heterocycles. The molecule has 3 aliphatic rings. The van der Waals surface area contributed by atoms with Crippen molar-refractivity contribution in [2.24, 2.45) is 5.92 Å². The molecule has 1 N–H and O–H groups in total. The van der Waals surface area contributed by atoms with Gasteiger partial charge in [0, 0.05) is 38.6 Å². The Morgan fingerprint density at radius 2 is 1.58 bits per heavy atom. The van der Waals surface area contributed by atoms with Gasteiger partial charge in [-0.3, -0.25) is 9.69 Å². The number of amides is 1. The second-order valence-corrected chi connectivity index (χ2v) is 7.44. The summed E-state index contributed by atoms with van der Waals surface area (Å²) in [6.45, 7) is 6.51. The molecule has 0 bridgehead atoms. The fourth-order valence-corrected chi connectivity index (χ4v) is 4.48. The molecule has 0 unspecified atom stereocenters. The molecule has 24 heavy (non-hydrogen) atoms. The summed E-state index contributed by atoms with van der Waals surface area (Å²) in [5.74, 6) is 1.18. The van der Waals surface area contributed by atoms with Crippen LogP contribution < -0.4 is 5.32 Å². The molecule has 2 heterocycles. The van der Waals surface area contributed by atoms with Gasteiger partial charge in [0.1, 0.15) is 0 Å². The number of rotatable bonds is 4. The van der Waals surface area contributed by atoms with Crippen molar-refractivity contribution in [1.29, 1.82) is 0 Å². The summed E-state index contributed by atoms with van der Waals surface area (Å²) in [7, 11) is 0. The van der Waals surface area contributed by atoms with E-state index < -0.39 is 0 Å². The molecular formula is C18H35Cl2N3O. The molecule has 142 valence electrons. The normalized spacial score (nSPS) is 24.1. The predicted molar refractivity (Wildman–Crippen MR) is 104 cm³/mol. The van der Waals surface area contributed by atoms with Crippen molar-refractivity contribution in [3.63, 3.8) is 0 Å². The van der Waals surface area contributed by atoms with Crippen LogP contribution in [0.3, 0.4) is 0 Å². The average molecular weight is 380 g/mol. The van der Waals surface area contributed by atoms with Gasteiger partial charge >= 0.3 is 0 Å². The minimum absolute atomic E-state index is 0. The SMILES string of the molecule is Cl.Cl.O=C(CCC1CCNCC1)N1CCCN(C2CCCC2)CC1. The fraction of sp³-hybridized carbons (Fsp3) is 0.944. The number of nitrogens with zero attached hydrogens (tertiary/aromatic N) is 2. The number of hydrogen-bond donors (Lipinski definition) is 1. The van der Waals surface area contributed by atoms with Gasteiger partial charge in [-0.1, -0.05) is 12.8 Å². The Morgan fingerprint density at radius 3 is 2.29 bits per heavy atom. The largest absolute Gasteiger partial charge is 0.341 e. The summed E-state index contributed by atoms with van der Waals surface area (Å²) in [6, 6.07) is 0.810. The van der Waals surface area contributed by atoms with E-state index >= 15 is 0 Å². The Morgan fingerprint density at radius 1 is 0.875 bits per heavy atom. The highest BCUT2D eigenvalue weighted by Gasteiger charge is 2.26. The van der Waals surface area contributed by atoms with Crippen LogP contribution in [0.2, 0.25) is 0 Å². The first-order valence-corrected chi connectivity index (χ1v) is 9.55. The smallest absolute Gasteiger partial charge is 0.222 e. The lowest BCUT2D eigenvalue weighted by Gasteiger charge is -2.27. The first-order chi connectivity index (χ1) is 10.8. The van der Waals surface area contributed by atoms with Crippen molar-refractivity contribution < 1.29 is 4.79 Å². The zero-order chi connectivity index (χ0) is 15.2. The van der Waals surface area contributed by atoms with Crippen molar-refractivity contribution in [1.82, 2.24) is 15.1 Å². The van der Waals surface area contributed by atoms with Crippen molar-refractivity contribution in [3.05, 3.63) is 0 Å². The Hall–Kier alpha value is -0.0300. The minimum atomic E-state index is 0. The van der Waals surface area contributed by atoms with E-state index in [1.807, 2.05) is 0 Å². The second-order valence-electron chi connectivity index (χ2n) is 7.44. The highest BCUT2D eigenvalue weighted by molar-refractivity contribution is 5.85. The van der Waals surface area contributed by atoms with Gasteiger partial charge < -0.3 is 10.2 Å². The molecule has 0 spiro atoms. The molecule has 6 heteroatoms. The van der Waals surface area contributed by atoms with Gasteiger partial charge in [-0.25, -0.2) is 0 Å². The molecule has 3 fully saturated rings. The van der Waals surface area contributed by atoms with Gasteiger partial charge in [-0.15, -0.1) is 24.8 Å². The van der Waals surface area contributed by atoms with Crippen LogP contribution in [0.25, 0.3) is 0 Å². The molecule has 0 aromatic heterocycles. The molecule has 0 aromatic carbocycles. The number of hydrogen-bond acceptors (Lipinski definition) is 3. The first-order valence-electron chi connectivity index (χ1n) is 9.55. The third-order valence-corrected chi connectivity index (χ3v) is 5.95. The number of carbonyl (C=O) groups is 1. The Bertz CT molecular complexity index is 358. The van der Waals surface area contributed by atoms with Crippen LogP contribution in [0.5, 0.6) is 0 Å². The number of nitrogens with one attached hydrogen (secondary N) is 1. The molecule has 2 aliphatic heterocycles. The quantitative estimate of drug-likeness (QED) is 0.814. The third-order valence-electron chi connectivity index (χ3n) is 5.95. The van der Waals surface area contributed by atoms with E-state index in [1.165, 1.54) is 45.1 Å². The molecule has 3 rings (SSSR count). The average Bonchev–Trinajstić information content (AvgIpc) is 2.98. The highest BCUT2D eigenvalue weighted by Crippen LogP contribution is 2.24. The molecule has 0 radical (unpaired) electrons. The van der Waals surface area contributed by atoms with Crippen molar-refractivity contribution in [2.75, 3.05) is 39.3 Å². The van der Waals surface area contributed by atoms with E-state index in [-0.39, 0.29) is 24.8 Å². The maximum atomic E-state index is 12.5. The van der Waals surface area contributed by atoms with Gasteiger partial charge in [0.2, 0.25) is 5.91 Å². The topological polar surface area (TPSA) is 35.6 Å². The Kier molecular flexibility index (Phi) is 10.6. The second kappa shape index (κ2) is 11.6. The van der Waals surface area contributed by atoms with Crippen LogP contribution in [0.1, 0.15) is 57.8 Å². The molecule has 0 atom stereocenters. The summed E-state index contributed by atoms with van der Waals surface area (Å²) < 4.78 is 0. The van der Waals surface area contributed by atoms with Crippen molar-refractivity contribution in [3.8, 4) is 0 Å². The number of halogens is 2. The maximum absolute atomic E-state index is 12.5. The number of piperidine rings is 1. The zero-order valence-electron chi connectivity index (χ0n) is 14.9. The van der Waals surface area contributed by atoms with Crippen molar-refractivity contribution >= 4 is 30.7 Å². The monoisotopic (exact) mass is 379 g/mol. The summed E-state index contributed by atoms with van der Waals surface area (Å²) in [5.41, 5.74) is 0. The standard InChI is InChI=1S/C18H33N3O.2ClH/c22-18(7-6-16-8-10-19-11-9-16)21-13-3-12-20(14-15-21)17-4-1-2-5-17;;/h16-17,19H,1-15H2;2*1H. The van der Waals surface area contributed by atoms with Gasteiger partial charge in [0.15, 0.2) is 0 Å². The lowest BCUT2D eigenvalue weighted by molar-refractivity contribution is -0.131. The van der Waals surface area contributed by atoms with Crippen LogP contribution in [0, 0.1) is 5.92 Å². The van der Waals surface area contributed by atoms with Gasteiger partial charge in [-0.2, -0.15) is 0 Å². The van der Waals surface area contributed by atoms with E-state index in [0.717, 1.165) is 63.9 Å². The van der Waals surface area contributed by atoms with Gasteiger partial charge in [-0.05, 0) is 57.5 Å². The fourth-order valence-electron chi connectivity index (χ4n) is 4.48. The summed E-state index contributed by atoms with van der Waals surface area (Å²) in [5, 5.41) is 3.40. The van der Waals surface area contributed by atoms with Crippen LogP contribution >= 0.6 is 24.8 Å². The van der Waals surface area contributed by atoms with Crippen LogP contribution in [0.15, 0.2) is 0 Å². The molecular weight excluding hydrogens is 345 g/mol. The van der Waals surface area contributed by atoms with E-state index in [4.69, 9.17) is 0 Å². The van der Waals surface area contributed by atoms with Gasteiger partial charge in [0.05, 0.1) is 0 Å². The van der Waals surface area contributed by atoms with Crippen LogP contribution in [0.4, 0.5) is 0 Å². The molecule has 0 aromatic rings. The maximum Gasteiger partial charge on any atom is 0.222 e. The minimum Gasteiger partial charge on any atom is -0.341 e. The lowest BCUT2D eigenvalue weighted by atomic mass is 9.93. The molecule has 1 saturated carbocycles. The van der Waals surface area contributed by atoms with E-state index in [2.05, 4.69) is 15.1 Å². The van der Waals surface area contributed by atoms with Crippen LogP contribution in [-0.2, 0) is 4.79 Å². The molecule has 4 nitrogen and oxygen atoms in total. The van der Waals surface area contributed by atoms with Crippen LogP contribution in [-0.4, -0.2) is 61.0 Å². The molecule has 1 aliphatic carbocycles.